The summed E-state index contributed by atoms with van der Waals surface area (Å²) in [6.07, 6.45) is 7.26. The third-order valence-electron chi connectivity index (χ3n) is 7.44. The Kier molecular flexibility index (Phi) is 13.0. The molecule has 0 spiro atoms. The number of pyridine rings is 1. The van der Waals surface area contributed by atoms with Gasteiger partial charge in [-0.15, -0.1) is 24.8 Å². The Labute approximate surface area is 265 Å². The molecule has 0 fully saturated rings. The van der Waals surface area contributed by atoms with Gasteiger partial charge in [-0.1, -0.05) is 0 Å². The van der Waals surface area contributed by atoms with E-state index in [1.807, 2.05) is 37.3 Å². The number of fused-ring (bicyclic) bond motifs is 1. The van der Waals surface area contributed by atoms with Crippen LogP contribution in [0.4, 0.5) is 11.4 Å². The number of benzene rings is 1. The molecule has 3 amide bonds. The average Bonchev–Trinajstić information content (AvgIpc) is 3.51. The Morgan fingerprint density at radius 1 is 1.00 bits per heavy atom. The Hall–Kier alpha value is -3.60. The number of ether oxygens (including phenoxy) is 1. The molecular formula is C31H41Cl2N5O5. The number of anilines is 2. The lowest BCUT2D eigenvalue weighted by Crippen LogP contribution is -2.47. The van der Waals surface area contributed by atoms with Crippen LogP contribution in [0.3, 0.4) is 0 Å². The quantitative estimate of drug-likeness (QED) is 0.206. The lowest BCUT2D eigenvalue weighted by molar-refractivity contribution is -0.137. The van der Waals surface area contributed by atoms with E-state index in [-0.39, 0.29) is 42.5 Å². The van der Waals surface area contributed by atoms with Gasteiger partial charge in [0, 0.05) is 65.3 Å². The van der Waals surface area contributed by atoms with Crippen molar-refractivity contribution in [1.29, 1.82) is 0 Å². The second-order valence-electron chi connectivity index (χ2n) is 10.8. The van der Waals surface area contributed by atoms with E-state index in [0.717, 1.165) is 25.1 Å². The first-order valence-electron chi connectivity index (χ1n) is 13.9. The van der Waals surface area contributed by atoms with Crippen LogP contribution in [0.1, 0.15) is 43.1 Å². The molecule has 0 saturated carbocycles. The molecule has 12 heteroatoms. The van der Waals surface area contributed by atoms with Crippen LogP contribution in [-0.4, -0.2) is 79.4 Å². The molecule has 0 saturated heterocycles. The summed E-state index contributed by atoms with van der Waals surface area (Å²) >= 11 is 0. The van der Waals surface area contributed by atoms with Crippen molar-refractivity contribution in [2.75, 3.05) is 56.7 Å². The number of aromatic nitrogens is 1. The maximum atomic E-state index is 13.1. The van der Waals surface area contributed by atoms with Gasteiger partial charge >= 0.3 is 0 Å². The maximum Gasteiger partial charge on any atom is 0.256 e. The van der Waals surface area contributed by atoms with Gasteiger partial charge in [0.15, 0.2) is 0 Å². The summed E-state index contributed by atoms with van der Waals surface area (Å²) < 4.78 is 11.2. The minimum absolute atomic E-state index is 0. The number of halogens is 2. The zero-order valence-electron chi connectivity index (χ0n) is 25.3. The Balaban J connectivity index is 0.00000323. The molecule has 3 heterocycles. The fourth-order valence-electron chi connectivity index (χ4n) is 4.96. The van der Waals surface area contributed by atoms with Crippen molar-refractivity contribution in [2.24, 2.45) is 5.41 Å². The smallest absolute Gasteiger partial charge is 0.256 e. The summed E-state index contributed by atoms with van der Waals surface area (Å²) in [4.78, 5) is 50.2. The van der Waals surface area contributed by atoms with Gasteiger partial charge < -0.3 is 23.9 Å². The van der Waals surface area contributed by atoms with Crippen molar-refractivity contribution < 1.29 is 23.5 Å². The third-order valence-corrected chi connectivity index (χ3v) is 7.44. The Morgan fingerprint density at radius 3 is 2.37 bits per heavy atom. The monoisotopic (exact) mass is 633 g/mol. The summed E-state index contributed by atoms with van der Waals surface area (Å²) in [7, 11) is 3.49. The highest BCUT2D eigenvalue weighted by molar-refractivity contribution is 6.20. The molecule has 10 nitrogen and oxygen atoms in total. The van der Waals surface area contributed by atoms with Crippen molar-refractivity contribution in [3.63, 3.8) is 0 Å². The normalized spacial score (nSPS) is 14.0. The van der Waals surface area contributed by atoms with Crippen LogP contribution in [0.15, 0.2) is 65.7 Å². The van der Waals surface area contributed by atoms with Crippen LogP contribution >= 0.6 is 24.8 Å². The standard InChI is InChI=1S/C31H39N5O5.2ClH/c1-6-36-26-9-8-25(20-27(26)34(5)29(38)31(2,3)30(36)39)41-18-7-15-35(21-23-10-13-32-14-11-23)17-16-33(4)28(37)24-12-19-40-22-24;;/h8-14,19-20,22H,6-7,15-18,21H2,1-5H3;2*1H. The highest BCUT2D eigenvalue weighted by Gasteiger charge is 2.45. The number of nitrogens with zero attached hydrogens (tertiary/aromatic N) is 5. The molecule has 1 aromatic carbocycles. The van der Waals surface area contributed by atoms with E-state index in [1.165, 1.54) is 12.5 Å². The highest BCUT2D eigenvalue weighted by Crippen LogP contribution is 2.40. The molecule has 0 aliphatic carbocycles. The van der Waals surface area contributed by atoms with Crippen LogP contribution in [-0.2, 0) is 16.1 Å². The molecule has 0 atom stereocenters. The third kappa shape index (κ3) is 8.28. The van der Waals surface area contributed by atoms with Gasteiger partial charge in [-0.25, -0.2) is 0 Å². The Morgan fingerprint density at radius 2 is 1.72 bits per heavy atom. The topological polar surface area (TPSA) is 99.4 Å². The van der Waals surface area contributed by atoms with E-state index in [2.05, 4.69) is 9.88 Å². The number of hydrogen-bond acceptors (Lipinski definition) is 7. The largest absolute Gasteiger partial charge is 0.493 e. The molecule has 1 aliphatic heterocycles. The van der Waals surface area contributed by atoms with Gasteiger partial charge in [0.2, 0.25) is 11.8 Å². The Bertz CT molecular complexity index is 1350. The van der Waals surface area contributed by atoms with Gasteiger partial charge in [-0.3, -0.25) is 24.3 Å². The van der Waals surface area contributed by atoms with Crippen LogP contribution in [0.25, 0.3) is 0 Å². The second kappa shape index (κ2) is 15.7. The van der Waals surface area contributed by atoms with Crippen molar-refractivity contribution in [3.05, 3.63) is 72.4 Å². The first-order valence-corrected chi connectivity index (χ1v) is 13.9. The molecule has 3 aromatic rings. The summed E-state index contributed by atoms with van der Waals surface area (Å²) in [5, 5.41) is 0. The maximum absolute atomic E-state index is 13.1. The first-order chi connectivity index (χ1) is 19.6. The number of amides is 3. The van der Waals surface area contributed by atoms with Crippen LogP contribution in [0.2, 0.25) is 0 Å². The zero-order chi connectivity index (χ0) is 29.6. The van der Waals surface area contributed by atoms with E-state index in [0.29, 0.717) is 48.9 Å². The van der Waals surface area contributed by atoms with E-state index >= 15 is 0 Å². The van der Waals surface area contributed by atoms with Crippen molar-refractivity contribution in [2.45, 2.75) is 33.7 Å². The van der Waals surface area contributed by atoms with E-state index in [1.54, 1.807) is 61.1 Å². The number of hydrogen-bond donors (Lipinski definition) is 0. The molecular weight excluding hydrogens is 593 g/mol. The van der Waals surface area contributed by atoms with Gasteiger partial charge in [0.25, 0.3) is 5.91 Å². The average molecular weight is 635 g/mol. The molecule has 1 aliphatic rings. The minimum Gasteiger partial charge on any atom is -0.493 e. The van der Waals surface area contributed by atoms with Crippen molar-refractivity contribution in [3.8, 4) is 5.75 Å². The molecule has 43 heavy (non-hydrogen) atoms. The molecule has 0 bridgehead atoms. The van der Waals surface area contributed by atoms with Crippen LogP contribution in [0.5, 0.6) is 5.75 Å². The SMILES string of the molecule is CCN1C(=O)C(C)(C)C(=O)N(C)c2cc(OCCCN(CCN(C)C(=O)c3ccoc3)Cc3ccncc3)ccc21.Cl.Cl. The number of likely N-dealkylation sites (N-methyl/N-ethyl adjacent to an activating group) is 1. The first kappa shape index (κ1) is 35.6. The van der Waals surface area contributed by atoms with Gasteiger partial charge in [0.1, 0.15) is 17.4 Å². The number of rotatable bonds is 12. The van der Waals surface area contributed by atoms with Crippen LogP contribution in [0, 0.1) is 5.41 Å². The summed E-state index contributed by atoms with van der Waals surface area (Å²) in [6.45, 7) is 8.90. The number of furan rings is 1. The molecule has 234 valence electrons. The lowest BCUT2D eigenvalue weighted by atomic mass is 9.90. The fourth-order valence-corrected chi connectivity index (χ4v) is 4.96. The molecule has 0 N–H and O–H groups in total. The predicted octanol–water partition coefficient (Wildman–Crippen LogP) is 4.92. The lowest BCUT2D eigenvalue weighted by Gasteiger charge is -2.27. The fraction of sp³-hybridized carbons (Fsp3) is 0.419. The van der Waals surface area contributed by atoms with E-state index in [4.69, 9.17) is 9.15 Å². The van der Waals surface area contributed by atoms with E-state index in [9.17, 15) is 14.4 Å². The van der Waals surface area contributed by atoms with Crippen LogP contribution < -0.4 is 14.5 Å². The molecule has 0 radical (unpaired) electrons. The molecule has 0 unspecified atom stereocenters. The zero-order valence-corrected chi connectivity index (χ0v) is 27.0. The summed E-state index contributed by atoms with van der Waals surface area (Å²) in [5.41, 5.74) is 1.87. The van der Waals surface area contributed by atoms with Crippen molar-refractivity contribution in [1.82, 2.24) is 14.8 Å². The molecule has 4 rings (SSSR count). The highest BCUT2D eigenvalue weighted by atomic mass is 35.5. The summed E-state index contributed by atoms with van der Waals surface area (Å²) in [5.74, 6) is 0.0950. The van der Waals surface area contributed by atoms with Gasteiger partial charge in [-0.2, -0.15) is 0 Å². The number of carbonyl (C=O) groups is 3. The predicted molar refractivity (Wildman–Crippen MR) is 171 cm³/mol. The molecule has 2 aromatic heterocycles. The second-order valence-corrected chi connectivity index (χ2v) is 10.8. The van der Waals surface area contributed by atoms with Crippen molar-refractivity contribution >= 4 is 53.9 Å². The minimum atomic E-state index is -1.15. The summed E-state index contributed by atoms with van der Waals surface area (Å²) in [6, 6.07) is 11.2. The van der Waals surface area contributed by atoms with Gasteiger partial charge in [0.05, 0.1) is 29.8 Å². The van der Waals surface area contributed by atoms with E-state index < -0.39 is 5.41 Å². The van der Waals surface area contributed by atoms with Gasteiger partial charge in [-0.05, 0) is 63.1 Å². The number of carbonyl (C=O) groups excluding carboxylic acids is 3.